The molecule has 1 atom stereocenters. The number of cyclic esters (lactones) is 2. The zero-order valence-electron chi connectivity index (χ0n) is 7.70. The van der Waals surface area contributed by atoms with Crippen LogP contribution in [-0.4, -0.2) is 37.2 Å². The van der Waals surface area contributed by atoms with E-state index in [0.717, 1.165) is 6.29 Å². The lowest BCUT2D eigenvalue weighted by Gasteiger charge is -2.20. The SMILES string of the molecule is CC(C)(C=O)NCC1COC(=O)O1. The van der Waals surface area contributed by atoms with Crippen LogP contribution >= 0.6 is 0 Å². The molecule has 0 bridgehead atoms. The topological polar surface area (TPSA) is 64.6 Å². The van der Waals surface area contributed by atoms with Crippen LogP contribution in [0, 0.1) is 0 Å². The number of carbonyl (C=O) groups excluding carboxylic acids is 2. The van der Waals surface area contributed by atoms with Gasteiger partial charge in [0.05, 0.1) is 5.54 Å². The first-order valence-corrected chi connectivity index (χ1v) is 4.08. The summed E-state index contributed by atoms with van der Waals surface area (Å²) in [6.07, 6.45) is -0.118. The van der Waals surface area contributed by atoms with Crippen LogP contribution < -0.4 is 5.32 Å². The van der Waals surface area contributed by atoms with Gasteiger partial charge in [0.1, 0.15) is 12.9 Å². The largest absolute Gasteiger partial charge is 0.508 e. The van der Waals surface area contributed by atoms with E-state index in [9.17, 15) is 9.59 Å². The second-order valence-corrected chi connectivity index (χ2v) is 3.52. The number of hydrogen-bond acceptors (Lipinski definition) is 5. The molecule has 0 spiro atoms. The third-order valence-corrected chi connectivity index (χ3v) is 1.73. The van der Waals surface area contributed by atoms with Crippen LogP contribution in [0.3, 0.4) is 0 Å². The Morgan fingerprint density at radius 2 is 2.38 bits per heavy atom. The van der Waals surface area contributed by atoms with E-state index in [2.05, 4.69) is 10.1 Å². The minimum absolute atomic E-state index is 0.251. The van der Waals surface area contributed by atoms with Gasteiger partial charge in [-0.2, -0.15) is 0 Å². The maximum Gasteiger partial charge on any atom is 0.508 e. The van der Waals surface area contributed by atoms with Gasteiger partial charge >= 0.3 is 6.16 Å². The summed E-state index contributed by atoms with van der Waals surface area (Å²) in [4.78, 5) is 21.0. The van der Waals surface area contributed by atoms with Crippen molar-refractivity contribution in [2.45, 2.75) is 25.5 Å². The van der Waals surface area contributed by atoms with Crippen molar-refractivity contribution >= 4 is 12.4 Å². The lowest BCUT2D eigenvalue weighted by Crippen LogP contribution is -2.45. The summed E-state index contributed by atoms with van der Waals surface area (Å²) in [6.45, 7) is 4.17. The molecule has 0 radical (unpaired) electrons. The molecule has 1 rings (SSSR count). The molecule has 0 saturated carbocycles. The summed E-state index contributed by atoms with van der Waals surface area (Å²) in [5.41, 5.74) is -0.588. The van der Waals surface area contributed by atoms with Crippen LogP contribution in [0.5, 0.6) is 0 Å². The Hall–Kier alpha value is -1.10. The normalized spacial score (nSPS) is 22.3. The molecule has 1 unspecified atom stereocenters. The molecule has 1 heterocycles. The molecule has 5 heteroatoms. The van der Waals surface area contributed by atoms with E-state index in [1.165, 1.54) is 0 Å². The number of rotatable bonds is 4. The highest BCUT2D eigenvalue weighted by Crippen LogP contribution is 2.06. The number of ether oxygens (including phenoxy) is 2. The van der Waals surface area contributed by atoms with E-state index in [0.29, 0.717) is 6.54 Å². The van der Waals surface area contributed by atoms with Gasteiger partial charge < -0.3 is 19.6 Å². The molecule has 1 saturated heterocycles. The van der Waals surface area contributed by atoms with Gasteiger partial charge in [0.2, 0.25) is 0 Å². The van der Waals surface area contributed by atoms with Gasteiger partial charge in [-0.25, -0.2) is 4.79 Å². The second kappa shape index (κ2) is 3.74. The fourth-order valence-electron chi connectivity index (χ4n) is 0.884. The standard InChI is InChI=1S/C8H13NO4/c1-8(2,5-10)9-3-6-4-12-7(11)13-6/h5-6,9H,3-4H2,1-2H3. The van der Waals surface area contributed by atoms with Gasteiger partial charge in [0.15, 0.2) is 6.10 Å². The molecule has 0 aliphatic carbocycles. The summed E-state index contributed by atoms with van der Waals surface area (Å²) in [6, 6.07) is 0. The molecule has 1 fully saturated rings. The van der Waals surface area contributed by atoms with Crippen molar-refractivity contribution in [1.82, 2.24) is 5.32 Å². The zero-order valence-corrected chi connectivity index (χ0v) is 7.70. The Morgan fingerprint density at radius 3 is 2.85 bits per heavy atom. The Morgan fingerprint density at radius 1 is 1.69 bits per heavy atom. The molecular weight excluding hydrogens is 174 g/mol. The molecular formula is C8H13NO4. The van der Waals surface area contributed by atoms with Crippen molar-refractivity contribution in [1.29, 1.82) is 0 Å². The Bertz CT molecular complexity index is 214. The Balaban J connectivity index is 2.27. The summed E-state index contributed by atoms with van der Waals surface area (Å²) < 4.78 is 9.34. The average molecular weight is 187 g/mol. The van der Waals surface area contributed by atoms with E-state index in [-0.39, 0.29) is 12.7 Å². The molecule has 1 N–H and O–H groups in total. The minimum atomic E-state index is -0.643. The maximum absolute atomic E-state index is 10.5. The smallest absolute Gasteiger partial charge is 0.430 e. The van der Waals surface area contributed by atoms with E-state index >= 15 is 0 Å². The predicted molar refractivity (Wildman–Crippen MR) is 44.4 cm³/mol. The number of aldehydes is 1. The summed E-state index contributed by atoms with van der Waals surface area (Å²) in [5, 5.41) is 2.95. The van der Waals surface area contributed by atoms with Gasteiger partial charge in [0, 0.05) is 6.54 Å². The van der Waals surface area contributed by atoms with Crippen LogP contribution in [0.15, 0.2) is 0 Å². The fraction of sp³-hybridized carbons (Fsp3) is 0.750. The van der Waals surface area contributed by atoms with Crippen LogP contribution in [0.25, 0.3) is 0 Å². The number of hydrogen-bond donors (Lipinski definition) is 1. The first-order valence-electron chi connectivity index (χ1n) is 4.08. The molecule has 13 heavy (non-hydrogen) atoms. The summed E-state index contributed by atoms with van der Waals surface area (Å²) in [5.74, 6) is 0. The number of nitrogens with one attached hydrogen (secondary N) is 1. The quantitative estimate of drug-likeness (QED) is 0.499. The van der Waals surface area contributed by atoms with Crippen LogP contribution in [0.2, 0.25) is 0 Å². The third kappa shape index (κ3) is 3.02. The van der Waals surface area contributed by atoms with Crippen LogP contribution in [-0.2, 0) is 14.3 Å². The van der Waals surface area contributed by atoms with Crippen molar-refractivity contribution in [3.05, 3.63) is 0 Å². The predicted octanol–water partition coefficient (Wildman–Crippen LogP) is 0.0889. The van der Waals surface area contributed by atoms with E-state index in [4.69, 9.17) is 4.74 Å². The molecule has 5 nitrogen and oxygen atoms in total. The summed E-state index contributed by atoms with van der Waals surface area (Å²) in [7, 11) is 0. The maximum atomic E-state index is 10.5. The van der Waals surface area contributed by atoms with Gasteiger partial charge in [0.25, 0.3) is 0 Å². The first-order chi connectivity index (χ1) is 6.03. The van der Waals surface area contributed by atoms with Gasteiger partial charge in [-0.15, -0.1) is 0 Å². The van der Waals surface area contributed by atoms with Gasteiger partial charge in [-0.3, -0.25) is 0 Å². The molecule has 0 aromatic carbocycles. The Labute approximate surface area is 76.4 Å². The Kier molecular flexibility index (Phi) is 2.87. The summed E-state index contributed by atoms with van der Waals surface area (Å²) >= 11 is 0. The van der Waals surface area contributed by atoms with E-state index in [1.54, 1.807) is 13.8 Å². The van der Waals surface area contributed by atoms with Crippen LogP contribution in [0.1, 0.15) is 13.8 Å². The van der Waals surface area contributed by atoms with E-state index in [1.807, 2.05) is 0 Å². The molecule has 1 aliphatic rings. The fourth-order valence-corrected chi connectivity index (χ4v) is 0.884. The molecule has 0 aromatic rings. The molecule has 0 aromatic heterocycles. The minimum Gasteiger partial charge on any atom is -0.430 e. The van der Waals surface area contributed by atoms with E-state index < -0.39 is 11.7 Å². The highest BCUT2D eigenvalue weighted by molar-refractivity contribution is 5.63. The van der Waals surface area contributed by atoms with Crippen LogP contribution in [0.4, 0.5) is 4.79 Å². The van der Waals surface area contributed by atoms with Crippen molar-refractivity contribution < 1.29 is 19.1 Å². The third-order valence-electron chi connectivity index (χ3n) is 1.73. The molecule has 0 amide bonds. The lowest BCUT2D eigenvalue weighted by molar-refractivity contribution is -0.112. The zero-order chi connectivity index (χ0) is 9.90. The lowest BCUT2D eigenvalue weighted by atomic mass is 10.1. The average Bonchev–Trinajstić information content (AvgIpc) is 2.48. The molecule has 74 valence electrons. The second-order valence-electron chi connectivity index (χ2n) is 3.52. The highest BCUT2D eigenvalue weighted by Gasteiger charge is 2.26. The van der Waals surface area contributed by atoms with Crippen molar-refractivity contribution in [2.24, 2.45) is 0 Å². The van der Waals surface area contributed by atoms with Gasteiger partial charge in [-0.1, -0.05) is 0 Å². The first kappa shape index (κ1) is 9.98. The van der Waals surface area contributed by atoms with Crippen molar-refractivity contribution in [3.8, 4) is 0 Å². The van der Waals surface area contributed by atoms with Gasteiger partial charge in [-0.05, 0) is 13.8 Å². The molecule has 1 aliphatic heterocycles. The van der Waals surface area contributed by atoms with Crippen molar-refractivity contribution in [2.75, 3.05) is 13.2 Å². The monoisotopic (exact) mass is 187 g/mol. The highest BCUT2D eigenvalue weighted by atomic mass is 16.8. The number of carbonyl (C=O) groups is 2. The van der Waals surface area contributed by atoms with Crippen molar-refractivity contribution in [3.63, 3.8) is 0 Å².